The van der Waals surface area contributed by atoms with Crippen LogP contribution in [0, 0.1) is 5.82 Å². The van der Waals surface area contributed by atoms with Gasteiger partial charge in [0.25, 0.3) is 0 Å². The largest absolute Gasteiger partial charge is 0.271 e. The van der Waals surface area contributed by atoms with Crippen molar-refractivity contribution in [2.45, 2.75) is 25.3 Å². The number of hydrogen-bond acceptors (Lipinski definition) is 2. The summed E-state index contributed by atoms with van der Waals surface area (Å²) in [7, 11) is 0. The van der Waals surface area contributed by atoms with Gasteiger partial charge < -0.3 is 0 Å². The van der Waals surface area contributed by atoms with Crippen LogP contribution >= 0.6 is 0 Å². The molecule has 0 radical (unpaired) electrons. The van der Waals surface area contributed by atoms with Crippen LogP contribution in [0.3, 0.4) is 0 Å². The summed E-state index contributed by atoms with van der Waals surface area (Å²) in [6, 6.07) is 6.58. The van der Waals surface area contributed by atoms with Gasteiger partial charge in [-0.2, -0.15) is 0 Å². The van der Waals surface area contributed by atoms with Gasteiger partial charge in [0.2, 0.25) is 0 Å². The van der Waals surface area contributed by atoms with Crippen molar-refractivity contribution >= 4 is 0 Å². The number of allylic oxidation sites excluding steroid dienone is 1. The molecule has 0 bridgehead atoms. The lowest BCUT2D eigenvalue weighted by molar-refractivity contribution is 0.474. The van der Waals surface area contributed by atoms with Crippen LogP contribution in [0.2, 0.25) is 0 Å². The molecule has 2 nitrogen and oxygen atoms in total. The fourth-order valence-electron chi connectivity index (χ4n) is 1.55. The van der Waals surface area contributed by atoms with Crippen LogP contribution < -0.4 is 11.3 Å². The third-order valence-corrected chi connectivity index (χ3v) is 2.38. The Hall–Kier alpha value is -1.19. The van der Waals surface area contributed by atoms with E-state index in [-0.39, 0.29) is 11.9 Å². The van der Waals surface area contributed by atoms with E-state index in [0.717, 1.165) is 19.3 Å². The standard InChI is InChI=1S/C12H17FN2/c1-2-3-4-9-12(15-14)10-7-5-6-8-11(10)13/h2,5-8,12,15H,1,3-4,9,14H2. The molecule has 82 valence electrons. The molecule has 0 amide bonds. The smallest absolute Gasteiger partial charge is 0.128 e. The van der Waals surface area contributed by atoms with E-state index in [1.165, 1.54) is 6.07 Å². The first-order valence-electron chi connectivity index (χ1n) is 5.11. The minimum Gasteiger partial charge on any atom is -0.271 e. The Morgan fingerprint density at radius 1 is 1.47 bits per heavy atom. The molecule has 0 fully saturated rings. The summed E-state index contributed by atoms with van der Waals surface area (Å²) in [4.78, 5) is 0. The van der Waals surface area contributed by atoms with Gasteiger partial charge in [-0.3, -0.25) is 11.3 Å². The number of unbranched alkanes of at least 4 members (excludes halogenated alkanes) is 1. The summed E-state index contributed by atoms with van der Waals surface area (Å²) in [5.41, 5.74) is 3.27. The van der Waals surface area contributed by atoms with E-state index in [9.17, 15) is 4.39 Å². The highest BCUT2D eigenvalue weighted by Crippen LogP contribution is 2.21. The zero-order valence-electron chi connectivity index (χ0n) is 8.75. The van der Waals surface area contributed by atoms with Gasteiger partial charge in [0.15, 0.2) is 0 Å². The van der Waals surface area contributed by atoms with Crippen LogP contribution in [0.1, 0.15) is 30.9 Å². The van der Waals surface area contributed by atoms with Gasteiger partial charge >= 0.3 is 0 Å². The summed E-state index contributed by atoms with van der Waals surface area (Å²) in [5.74, 6) is 5.20. The molecule has 0 spiro atoms. The third-order valence-electron chi connectivity index (χ3n) is 2.38. The fourth-order valence-corrected chi connectivity index (χ4v) is 1.55. The monoisotopic (exact) mass is 208 g/mol. The molecule has 15 heavy (non-hydrogen) atoms. The Morgan fingerprint density at radius 2 is 2.20 bits per heavy atom. The molecule has 0 aliphatic carbocycles. The minimum absolute atomic E-state index is 0.119. The second-order valence-corrected chi connectivity index (χ2v) is 3.46. The molecule has 0 aliphatic heterocycles. The highest BCUT2D eigenvalue weighted by Gasteiger charge is 2.12. The number of benzene rings is 1. The van der Waals surface area contributed by atoms with Crippen molar-refractivity contribution in [3.63, 3.8) is 0 Å². The number of nitrogens with one attached hydrogen (secondary N) is 1. The Morgan fingerprint density at radius 3 is 2.80 bits per heavy atom. The normalized spacial score (nSPS) is 12.4. The van der Waals surface area contributed by atoms with E-state index >= 15 is 0 Å². The third kappa shape index (κ3) is 3.46. The molecule has 3 N–H and O–H groups in total. The van der Waals surface area contributed by atoms with Crippen LogP contribution in [0.4, 0.5) is 4.39 Å². The summed E-state index contributed by atoms with van der Waals surface area (Å²) < 4.78 is 13.4. The van der Waals surface area contributed by atoms with Crippen LogP contribution in [0.5, 0.6) is 0 Å². The minimum atomic E-state index is -0.209. The molecule has 1 aromatic rings. The first-order chi connectivity index (χ1) is 7.29. The maximum Gasteiger partial charge on any atom is 0.128 e. The average Bonchev–Trinajstić information content (AvgIpc) is 2.26. The Labute approximate surface area is 90.0 Å². The summed E-state index contributed by atoms with van der Waals surface area (Å²) >= 11 is 0. The molecule has 0 heterocycles. The predicted molar refractivity (Wildman–Crippen MR) is 60.5 cm³/mol. The van der Waals surface area contributed by atoms with Gasteiger partial charge in [0.05, 0.1) is 0 Å². The van der Waals surface area contributed by atoms with Crippen LogP contribution in [-0.2, 0) is 0 Å². The van der Waals surface area contributed by atoms with Gasteiger partial charge in [-0.25, -0.2) is 4.39 Å². The highest BCUT2D eigenvalue weighted by molar-refractivity contribution is 5.20. The van der Waals surface area contributed by atoms with Gasteiger partial charge in [0.1, 0.15) is 5.82 Å². The van der Waals surface area contributed by atoms with E-state index in [0.29, 0.717) is 5.56 Å². The van der Waals surface area contributed by atoms with Crippen molar-refractivity contribution in [2.75, 3.05) is 0 Å². The van der Waals surface area contributed by atoms with Crippen LogP contribution in [-0.4, -0.2) is 0 Å². The number of nitrogens with two attached hydrogens (primary N) is 1. The summed E-state index contributed by atoms with van der Waals surface area (Å²) in [5, 5.41) is 0. The van der Waals surface area contributed by atoms with Crippen molar-refractivity contribution in [1.82, 2.24) is 5.43 Å². The van der Waals surface area contributed by atoms with Crippen molar-refractivity contribution in [2.24, 2.45) is 5.84 Å². The molecule has 0 saturated heterocycles. The lowest BCUT2D eigenvalue weighted by atomic mass is 10.0. The van der Waals surface area contributed by atoms with Gasteiger partial charge in [-0.15, -0.1) is 6.58 Å². The van der Waals surface area contributed by atoms with Crippen molar-refractivity contribution in [3.8, 4) is 0 Å². The predicted octanol–water partition coefficient (Wildman–Crippen LogP) is 2.69. The number of hydrazine groups is 1. The molecule has 1 unspecified atom stereocenters. The van der Waals surface area contributed by atoms with Crippen LogP contribution in [0.15, 0.2) is 36.9 Å². The molecule has 1 aromatic carbocycles. The van der Waals surface area contributed by atoms with E-state index in [1.54, 1.807) is 12.1 Å². The van der Waals surface area contributed by atoms with Crippen molar-refractivity contribution in [1.29, 1.82) is 0 Å². The van der Waals surface area contributed by atoms with Crippen molar-refractivity contribution < 1.29 is 4.39 Å². The Balaban J connectivity index is 2.65. The highest BCUT2D eigenvalue weighted by atomic mass is 19.1. The molecular formula is C12H17FN2. The van der Waals surface area contributed by atoms with Gasteiger partial charge in [-0.1, -0.05) is 24.3 Å². The number of halogens is 1. The fraction of sp³-hybridized carbons (Fsp3) is 0.333. The number of hydrogen-bond donors (Lipinski definition) is 2. The van der Waals surface area contributed by atoms with Gasteiger partial charge in [-0.05, 0) is 25.3 Å². The second-order valence-electron chi connectivity index (χ2n) is 3.46. The molecule has 1 atom stereocenters. The first-order valence-corrected chi connectivity index (χ1v) is 5.11. The average molecular weight is 208 g/mol. The quantitative estimate of drug-likeness (QED) is 0.326. The second kappa shape index (κ2) is 6.32. The maximum absolute atomic E-state index is 13.4. The molecule has 0 saturated carbocycles. The number of rotatable bonds is 6. The maximum atomic E-state index is 13.4. The summed E-state index contributed by atoms with van der Waals surface area (Å²) in [6.45, 7) is 3.65. The molecule has 3 heteroatoms. The van der Waals surface area contributed by atoms with Crippen LogP contribution in [0.25, 0.3) is 0 Å². The first kappa shape index (κ1) is 11.9. The molecule has 0 aromatic heterocycles. The lowest BCUT2D eigenvalue weighted by Gasteiger charge is -2.16. The van der Waals surface area contributed by atoms with E-state index in [1.807, 2.05) is 12.1 Å². The molecule has 0 aliphatic rings. The van der Waals surface area contributed by atoms with E-state index < -0.39 is 0 Å². The Kier molecular flexibility index (Phi) is 5.01. The van der Waals surface area contributed by atoms with E-state index in [2.05, 4.69) is 12.0 Å². The van der Waals surface area contributed by atoms with E-state index in [4.69, 9.17) is 5.84 Å². The topological polar surface area (TPSA) is 38.0 Å². The molecular weight excluding hydrogens is 191 g/mol. The summed E-state index contributed by atoms with van der Waals surface area (Å²) in [6.07, 6.45) is 4.54. The zero-order valence-corrected chi connectivity index (χ0v) is 8.75. The zero-order chi connectivity index (χ0) is 11.1. The SMILES string of the molecule is C=CCCCC(NN)c1ccccc1F. The Bertz CT molecular complexity index is 312. The lowest BCUT2D eigenvalue weighted by Crippen LogP contribution is -2.28. The van der Waals surface area contributed by atoms with Gasteiger partial charge in [0, 0.05) is 11.6 Å². The molecule has 1 rings (SSSR count). The van der Waals surface area contributed by atoms with Crippen molar-refractivity contribution in [3.05, 3.63) is 48.3 Å².